The van der Waals surface area contributed by atoms with E-state index in [1.54, 1.807) is 0 Å². The molecule has 0 spiro atoms. The molecular formula is C15H17BBrN3O. The summed E-state index contributed by atoms with van der Waals surface area (Å²) in [7, 11) is -0.409. The highest BCUT2D eigenvalue weighted by Gasteiger charge is 2.54. The van der Waals surface area contributed by atoms with Crippen LogP contribution in [0.4, 0.5) is 0 Å². The molecule has 3 atom stereocenters. The molecule has 21 heavy (non-hydrogen) atoms. The van der Waals surface area contributed by atoms with Gasteiger partial charge in [0.25, 0.3) is 0 Å². The van der Waals surface area contributed by atoms with Gasteiger partial charge in [-0.2, -0.15) is 0 Å². The molecule has 0 radical (unpaired) electrons. The minimum absolute atomic E-state index is 0.220. The van der Waals surface area contributed by atoms with Crippen molar-refractivity contribution in [3.05, 3.63) is 40.8 Å². The normalized spacial score (nSPS) is 27.7. The highest BCUT2D eigenvalue weighted by atomic mass is 79.9. The Hall–Kier alpha value is -1.11. The number of aromatic amines is 1. The fourth-order valence-corrected chi connectivity index (χ4v) is 3.83. The lowest BCUT2D eigenvalue weighted by atomic mass is 9.83. The number of imidazole rings is 1. The Morgan fingerprint density at radius 1 is 1.33 bits per heavy atom. The summed E-state index contributed by atoms with van der Waals surface area (Å²) in [5.41, 5.74) is 2.16. The number of benzene rings is 1. The third kappa shape index (κ3) is 2.35. The van der Waals surface area contributed by atoms with Gasteiger partial charge in [-0.25, -0.2) is 4.98 Å². The summed E-state index contributed by atoms with van der Waals surface area (Å²) in [6, 6.07) is 8.97. The predicted molar refractivity (Wildman–Crippen MR) is 86.7 cm³/mol. The summed E-state index contributed by atoms with van der Waals surface area (Å²) in [5, 5.41) is 10.0. The fourth-order valence-electron chi connectivity index (χ4n) is 3.56. The summed E-state index contributed by atoms with van der Waals surface area (Å²) < 4.78 is 1.07. The second kappa shape index (κ2) is 4.97. The minimum atomic E-state index is -0.409. The lowest BCUT2D eigenvalue weighted by molar-refractivity contribution is 0.304. The van der Waals surface area contributed by atoms with Gasteiger partial charge in [-0.15, -0.1) is 0 Å². The summed E-state index contributed by atoms with van der Waals surface area (Å²) in [4.78, 5) is 10.2. The van der Waals surface area contributed by atoms with Gasteiger partial charge in [0, 0.05) is 10.5 Å². The summed E-state index contributed by atoms with van der Waals surface area (Å²) in [6.07, 6.45) is 4.22. The van der Waals surface area contributed by atoms with Gasteiger partial charge in [0.1, 0.15) is 5.82 Å². The van der Waals surface area contributed by atoms with Crippen LogP contribution < -0.4 is 0 Å². The van der Waals surface area contributed by atoms with Crippen LogP contribution >= 0.6 is 15.9 Å². The zero-order chi connectivity index (χ0) is 14.6. The summed E-state index contributed by atoms with van der Waals surface area (Å²) in [6.45, 7) is 1.85. The number of rotatable bonds is 3. The van der Waals surface area contributed by atoms with Crippen LogP contribution in [0.3, 0.4) is 0 Å². The Kier molecular flexibility index (Phi) is 3.21. The Labute approximate surface area is 132 Å². The van der Waals surface area contributed by atoms with Crippen molar-refractivity contribution in [1.29, 1.82) is 0 Å². The van der Waals surface area contributed by atoms with Crippen LogP contribution in [0.25, 0.3) is 11.3 Å². The van der Waals surface area contributed by atoms with Gasteiger partial charge in [-0.3, -0.25) is 0 Å². The highest BCUT2D eigenvalue weighted by Crippen LogP contribution is 2.53. The van der Waals surface area contributed by atoms with E-state index in [0.29, 0.717) is 6.04 Å². The first-order chi connectivity index (χ1) is 10.1. The Morgan fingerprint density at radius 2 is 2.10 bits per heavy atom. The third-order valence-corrected chi connectivity index (χ3v) is 5.18. The van der Waals surface area contributed by atoms with Crippen molar-refractivity contribution in [1.82, 2.24) is 14.8 Å². The van der Waals surface area contributed by atoms with E-state index in [9.17, 15) is 5.02 Å². The SMILES string of the molecule is CB(O)N1C2C[C@@H]2C[C@H]1c1ncc(-c2ccc(Br)cc2)[nH]1. The zero-order valence-electron chi connectivity index (χ0n) is 11.8. The molecule has 1 aromatic heterocycles. The predicted octanol–water partition coefficient (Wildman–Crippen LogP) is 3.08. The maximum Gasteiger partial charge on any atom is 0.377 e. The molecule has 2 N–H and O–H groups in total. The molecule has 1 saturated carbocycles. The smallest absolute Gasteiger partial charge is 0.377 e. The molecule has 108 valence electrons. The van der Waals surface area contributed by atoms with E-state index in [2.05, 4.69) is 42.8 Å². The molecule has 2 heterocycles. The lowest BCUT2D eigenvalue weighted by Crippen LogP contribution is -2.39. The maximum atomic E-state index is 10.0. The van der Waals surface area contributed by atoms with E-state index in [1.165, 1.54) is 6.42 Å². The van der Waals surface area contributed by atoms with Gasteiger partial charge in [-0.1, -0.05) is 28.1 Å². The number of fused-ring (bicyclic) bond motifs is 1. The monoisotopic (exact) mass is 345 g/mol. The zero-order valence-corrected chi connectivity index (χ0v) is 13.4. The van der Waals surface area contributed by atoms with Gasteiger partial charge in [0.15, 0.2) is 0 Å². The number of aromatic nitrogens is 2. The molecule has 6 heteroatoms. The van der Waals surface area contributed by atoms with Crippen LogP contribution in [-0.2, 0) is 0 Å². The molecule has 1 aromatic carbocycles. The van der Waals surface area contributed by atoms with Crippen molar-refractivity contribution in [3.63, 3.8) is 0 Å². The van der Waals surface area contributed by atoms with Crippen LogP contribution in [0.2, 0.25) is 6.82 Å². The number of hydrogen-bond donors (Lipinski definition) is 2. The summed E-state index contributed by atoms with van der Waals surface area (Å²) >= 11 is 3.45. The van der Waals surface area contributed by atoms with Gasteiger partial charge >= 0.3 is 7.05 Å². The van der Waals surface area contributed by atoms with E-state index in [1.807, 2.05) is 25.2 Å². The molecule has 2 aliphatic rings. The second-order valence-electron chi connectivity index (χ2n) is 6.08. The first-order valence-corrected chi connectivity index (χ1v) is 8.19. The number of nitrogens with one attached hydrogen (secondary N) is 1. The lowest BCUT2D eigenvalue weighted by Gasteiger charge is -2.26. The Bertz CT molecular complexity index is 657. The Balaban J connectivity index is 1.61. The number of H-pyrrole nitrogens is 1. The molecule has 1 aliphatic heterocycles. The minimum Gasteiger partial charge on any atom is -0.437 e. The molecule has 4 nitrogen and oxygen atoms in total. The molecule has 1 unspecified atom stereocenters. The number of hydrogen-bond acceptors (Lipinski definition) is 3. The average Bonchev–Trinajstić information content (AvgIpc) is 2.90. The molecule has 2 aromatic rings. The van der Waals surface area contributed by atoms with Crippen molar-refractivity contribution < 1.29 is 5.02 Å². The van der Waals surface area contributed by atoms with Gasteiger partial charge in [0.2, 0.25) is 0 Å². The van der Waals surface area contributed by atoms with E-state index < -0.39 is 7.05 Å². The molecular weight excluding hydrogens is 329 g/mol. The third-order valence-electron chi connectivity index (χ3n) is 4.65. The topological polar surface area (TPSA) is 52.1 Å². The van der Waals surface area contributed by atoms with Crippen LogP contribution in [0.1, 0.15) is 24.7 Å². The quantitative estimate of drug-likeness (QED) is 0.840. The molecule has 2 fully saturated rings. The molecule has 0 bridgehead atoms. The summed E-state index contributed by atoms with van der Waals surface area (Å²) in [5.74, 6) is 1.71. The standard InChI is InChI=1S/C15H17BBrN3O/c1-16(21)20-13-6-10(13)7-14(20)15-18-8-12(19-15)9-2-4-11(17)5-3-9/h2-5,8,10,13-14,21H,6-7H2,1H3,(H,18,19)/t10-,13?,14+/m1/s1. The van der Waals surface area contributed by atoms with Gasteiger partial charge < -0.3 is 14.8 Å². The van der Waals surface area contributed by atoms with E-state index >= 15 is 0 Å². The molecule has 4 rings (SSSR count). The van der Waals surface area contributed by atoms with Crippen LogP contribution in [0, 0.1) is 5.92 Å². The van der Waals surface area contributed by atoms with Crippen LogP contribution in [-0.4, -0.2) is 32.9 Å². The highest BCUT2D eigenvalue weighted by molar-refractivity contribution is 9.10. The maximum absolute atomic E-state index is 10.0. The fraction of sp³-hybridized carbons (Fsp3) is 0.400. The Morgan fingerprint density at radius 3 is 2.81 bits per heavy atom. The van der Waals surface area contributed by atoms with Crippen LogP contribution in [0.15, 0.2) is 34.9 Å². The number of piperidine rings is 1. The van der Waals surface area contributed by atoms with Crippen molar-refractivity contribution in [2.45, 2.75) is 31.7 Å². The van der Waals surface area contributed by atoms with E-state index in [0.717, 1.165) is 33.9 Å². The van der Waals surface area contributed by atoms with Gasteiger partial charge in [0.05, 0.1) is 17.9 Å². The van der Waals surface area contributed by atoms with Crippen LogP contribution in [0.5, 0.6) is 0 Å². The van der Waals surface area contributed by atoms with Crippen molar-refractivity contribution in [2.24, 2.45) is 5.92 Å². The first kappa shape index (κ1) is 13.6. The van der Waals surface area contributed by atoms with Gasteiger partial charge in [-0.05, 0) is 43.3 Å². The second-order valence-corrected chi connectivity index (χ2v) is 7.00. The van der Waals surface area contributed by atoms with Crippen molar-refractivity contribution in [2.75, 3.05) is 0 Å². The van der Waals surface area contributed by atoms with Crippen molar-refractivity contribution >= 4 is 23.0 Å². The first-order valence-electron chi connectivity index (χ1n) is 7.40. The largest absolute Gasteiger partial charge is 0.437 e. The molecule has 0 amide bonds. The van der Waals surface area contributed by atoms with E-state index in [4.69, 9.17) is 0 Å². The number of halogens is 1. The van der Waals surface area contributed by atoms with E-state index in [-0.39, 0.29) is 6.04 Å². The number of nitrogens with zero attached hydrogens (tertiary/aromatic N) is 2. The van der Waals surface area contributed by atoms with Crippen molar-refractivity contribution in [3.8, 4) is 11.3 Å². The molecule has 1 aliphatic carbocycles. The molecule has 1 saturated heterocycles. The average molecular weight is 346 g/mol.